The number of rotatable bonds is 8. The van der Waals surface area contributed by atoms with Gasteiger partial charge in [0.05, 0.1) is 10.7 Å². The van der Waals surface area contributed by atoms with E-state index in [4.69, 9.17) is 28.9 Å². The predicted molar refractivity (Wildman–Crippen MR) is 115 cm³/mol. The molecule has 0 spiro atoms. The number of hydrogen-bond acceptors (Lipinski definition) is 4. The molecule has 0 bridgehead atoms. The number of hydrogen-bond donors (Lipinski definition) is 2. The summed E-state index contributed by atoms with van der Waals surface area (Å²) in [5.74, 6) is -1.36. The highest BCUT2D eigenvalue weighted by Crippen LogP contribution is 2.49. The lowest BCUT2D eigenvalue weighted by atomic mass is 9.87. The van der Waals surface area contributed by atoms with E-state index in [9.17, 15) is 19.1 Å². The number of anilines is 1. The average Bonchev–Trinajstić information content (AvgIpc) is 2.93. The number of carbonyl (C=O) groups excluding carboxylic acids is 2. The van der Waals surface area contributed by atoms with E-state index in [-0.39, 0.29) is 45.5 Å². The SMILES string of the molecule is CCN(CCF)CCN1C(=O)C(O)(c2ccccc2Cl)c2c(Cl)cc(C(N)=O)cc21. The van der Waals surface area contributed by atoms with Crippen molar-refractivity contribution in [2.45, 2.75) is 12.5 Å². The maximum Gasteiger partial charge on any atom is 0.268 e. The second kappa shape index (κ2) is 8.89. The van der Waals surface area contributed by atoms with Gasteiger partial charge in [0.1, 0.15) is 6.67 Å². The Labute approximate surface area is 184 Å². The number of benzene rings is 2. The van der Waals surface area contributed by atoms with Crippen molar-refractivity contribution in [2.75, 3.05) is 37.8 Å². The fraction of sp³-hybridized carbons (Fsp3) is 0.333. The summed E-state index contributed by atoms with van der Waals surface area (Å²) in [5.41, 5.74) is 3.99. The van der Waals surface area contributed by atoms with Gasteiger partial charge in [-0.3, -0.25) is 14.5 Å². The molecule has 1 atom stereocenters. The number of carbonyl (C=O) groups is 2. The van der Waals surface area contributed by atoms with E-state index in [0.29, 0.717) is 13.1 Å². The average molecular weight is 454 g/mol. The molecule has 1 aliphatic heterocycles. The Morgan fingerprint density at radius 3 is 2.53 bits per heavy atom. The van der Waals surface area contributed by atoms with E-state index < -0.39 is 24.1 Å². The molecule has 1 unspecified atom stereocenters. The van der Waals surface area contributed by atoms with Crippen molar-refractivity contribution in [2.24, 2.45) is 5.73 Å². The van der Waals surface area contributed by atoms with Gasteiger partial charge < -0.3 is 15.7 Å². The van der Waals surface area contributed by atoms with Gasteiger partial charge in [-0.25, -0.2) is 4.39 Å². The van der Waals surface area contributed by atoms with Crippen molar-refractivity contribution in [1.29, 1.82) is 0 Å². The van der Waals surface area contributed by atoms with E-state index in [1.165, 1.54) is 17.0 Å². The number of fused-ring (bicyclic) bond motifs is 1. The van der Waals surface area contributed by atoms with Gasteiger partial charge in [0, 0.05) is 41.3 Å². The Morgan fingerprint density at radius 1 is 1.23 bits per heavy atom. The zero-order valence-electron chi connectivity index (χ0n) is 16.4. The molecular formula is C21H22Cl2FN3O3. The number of nitrogens with two attached hydrogens (primary N) is 1. The molecule has 1 heterocycles. The lowest BCUT2D eigenvalue weighted by Crippen LogP contribution is -2.44. The quantitative estimate of drug-likeness (QED) is 0.642. The molecule has 0 fully saturated rings. The maximum absolute atomic E-state index is 13.5. The predicted octanol–water partition coefficient (Wildman–Crippen LogP) is 2.97. The summed E-state index contributed by atoms with van der Waals surface area (Å²) in [4.78, 5) is 28.4. The van der Waals surface area contributed by atoms with Crippen LogP contribution in [0.25, 0.3) is 0 Å². The molecule has 0 radical (unpaired) electrons. The van der Waals surface area contributed by atoms with Crippen LogP contribution in [0.4, 0.5) is 10.1 Å². The van der Waals surface area contributed by atoms with E-state index in [1.807, 2.05) is 11.8 Å². The normalized spacial score (nSPS) is 18.2. The van der Waals surface area contributed by atoms with Gasteiger partial charge in [0.2, 0.25) is 5.91 Å². The Kier molecular flexibility index (Phi) is 6.67. The number of alkyl halides is 1. The monoisotopic (exact) mass is 453 g/mol. The summed E-state index contributed by atoms with van der Waals surface area (Å²) in [6.45, 7) is 2.71. The van der Waals surface area contributed by atoms with E-state index in [1.54, 1.807) is 24.3 Å². The minimum atomic E-state index is -2.13. The fourth-order valence-corrected chi connectivity index (χ4v) is 4.36. The third-order valence-corrected chi connectivity index (χ3v) is 5.94. The van der Waals surface area contributed by atoms with Crippen LogP contribution < -0.4 is 10.6 Å². The molecule has 3 rings (SSSR count). The number of halogens is 3. The molecule has 3 N–H and O–H groups in total. The second-order valence-electron chi connectivity index (χ2n) is 6.99. The molecule has 0 aliphatic carbocycles. The molecule has 0 saturated carbocycles. The van der Waals surface area contributed by atoms with E-state index in [2.05, 4.69) is 0 Å². The Balaban J connectivity index is 2.14. The zero-order chi connectivity index (χ0) is 22.1. The van der Waals surface area contributed by atoms with Crippen LogP contribution in [0.5, 0.6) is 0 Å². The van der Waals surface area contributed by atoms with E-state index >= 15 is 0 Å². The summed E-state index contributed by atoms with van der Waals surface area (Å²) >= 11 is 12.7. The number of likely N-dealkylation sites (N-methyl/N-ethyl adjacent to an activating group) is 1. The lowest BCUT2D eigenvalue weighted by molar-refractivity contribution is -0.132. The van der Waals surface area contributed by atoms with Crippen molar-refractivity contribution in [1.82, 2.24) is 4.90 Å². The molecule has 2 amide bonds. The van der Waals surface area contributed by atoms with Gasteiger partial charge in [-0.1, -0.05) is 48.3 Å². The van der Waals surface area contributed by atoms with Crippen molar-refractivity contribution < 1.29 is 19.1 Å². The first-order chi connectivity index (χ1) is 14.2. The van der Waals surface area contributed by atoms with Gasteiger partial charge in [0.15, 0.2) is 5.60 Å². The van der Waals surface area contributed by atoms with Gasteiger partial charge >= 0.3 is 0 Å². The van der Waals surface area contributed by atoms with Crippen LogP contribution in [0.1, 0.15) is 28.4 Å². The number of aliphatic hydroxyl groups is 1. The molecule has 1 aliphatic rings. The van der Waals surface area contributed by atoms with Crippen LogP contribution >= 0.6 is 23.2 Å². The first kappa shape index (κ1) is 22.5. The first-order valence-corrected chi connectivity index (χ1v) is 10.2. The molecule has 160 valence electrons. The Morgan fingerprint density at radius 2 is 1.93 bits per heavy atom. The summed E-state index contributed by atoms with van der Waals surface area (Å²) in [5, 5.41) is 11.8. The van der Waals surface area contributed by atoms with Crippen molar-refractivity contribution in [3.63, 3.8) is 0 Å². The van der Waals surface area contributed by atoms with Crippen LogP contribution in [0.3, 0.4) is 0 Å². The standard InChI is InChI=1S/C21H22Cl2FN3O3/c1-2-26(8-7-24)9-10-27-17-12-13(19(25)28)11-16(23)18(17)21(30,20(27)29)14-5-3-4-6-15(14)22/h3-6,11-12,30H,2,7-10H2,1H3,(H2,25,28). The zero-order valence-corrected chi connectivity index (χ0v) is 17.9. The van der Waals surface area contributed by atoms with Crippen LogP contribution in [0.2, 0.25) is 10.0 Å². The molecule has 6 nitrogen and oxygen atoms in total. The van der Waals surface area contributed by atoms with Crippen LogP contribution in [0, 0.1) is 0 Å². The molecular weight excluding hydrogens is 432 g/mol. The van der Waals surface area contributed by atoms with Crippen molar-refractivity contribution in [3.05, 3.63) is 63.1 Å². The second-order valence-corrected chi connectivity index (χ2v) is 7.80. The first-order valence-electron chi connectivity index (χ1n) is 9.47. The Hall–Kier alpha value is -2.19. The van der Waals surface area contributed by atoms with Gasteiger partial charge in [-0.15, -0.1) is 0 Å². The molecule has 2 aromatic rings. The van der Waals surface area contributed by atoms with Crippen LogP contribution in [-0.2, 0) is 10.4 Å². The minimum absolute atomic E-state index is 0.0238. The molecule has 2 aromatic carbocycles. The third kappa shape index (κ3) is 3.78. The van der Waals surface area contributed by atoms with Crippen LogP contribution in [-0.4, -0.2) is 54.7 Å². The van der Waals surface area contributed by atoms with Gasteiger partial charge in [0.25, 0.3) is 5.91 Å². The summed E-state index contributed by atoms with van der Waals surface area (Å²) in [6, 6.07) is 9.20. The number of nitrogens with zero attached hydrogens (tertiary/aromatic N) is 2. The smallest absolute Gasteiger partial charge is 0.268 e. The molecule has 0 saturated heterocycles. The number of amides is 2. The summed E-state index contributed by atoms with van der Waals surface area (Å²) in [6.07, 6.45) is 0. The lowest BCUT2D eigenvalue weighted by Gasteiger charge is -2.26. The fourth-order valence-electron chi connectivity index (χ4n) is 3.73. The largest absolute Gasteiger partial charge is 0.372 e. The van der Waals surface area contributed by atoms with Crippen LogP contribution in [0.15, 0.2) is 36.4 Å². The van der Waals surface area contributed by atoms with Crippen molar-refractivity contribution in [3.8, 4) is 0 Å². The molecule has 30 heavy (non-hydrogen) atoms. The summed E-state index contributed by atoms with van der Waals surface area (Å²) < 4.78 is 12.8. The Bertz CT molecular complexity index is 988. The topological polar surface area (TPSA) is 86.9 Å². The molecule has 9 heteroatoms. The third-order valence-electron chi connectivity index (χ3n) is 5.31. The highest BCUT2D eigenvalue weighted by Gasteiger charge is 2.53. The molecule has 0 aromatic heterocycles. The van der Waals surface area contributed by atoms with Gasteiger partial charge in [-0.05, 0) is 24.7 Å². The van der Waals surface area contributed by atoms with Gasteiger partial charge in [-0.2, -0.15) is 0 Å². The maximum atomic E-state index is 13.5. The highest BCUT2D eigenvalue weighted by molar-refractivity contribution is 6.35. The summed E-state index contributed by atoms with van der Waals surface area (Å²) in [7, 11) is 0. The number of primary amides is 1. The highest BCUT2D eigenvalue weighted by atomic mass is 35.5. The van der Waals surface area contributed by atoms with Crippen molar-refractivity contribution >= 4 is 40.7 Å². The minimum Gasteiger partial charge on any atom is -0.372 e. The van der Waals surface area contributed by atoms with E-state index in [0.717, 1.165) is 0 Å².